The minimum Gasteiger partial charge on any atom is -0.461 e. The van der Waals surface area contributed by atoms with Crippen LogP contribution in [0.1, 0.15) is 194 Å². The maximum atomic E-state index is 13.0. The molecule has 0 unspecified atom stereocenters. The smallest absolute Gasteiger partial charge is 0.306 e. The van der Waals surface area contributed by atoms with E-state index in [4.69, 9.17) is 9.47 Å². The molecule has 0 spiro atoms. The number of ether oxygens (including phenoxy) is 2. The highest BCUT2D eigenvalue weighted by Gasteiger charge is 2.13. The molecule has 0 aromatic rings. The third kappa shape index (κ3) is 37.4. The zero-order chi connectivity index (χ0) is 37.5. The van der Waals surface area contributed by atoms with E-state index >= 15 is 0 Å². The van der Waals surface area contributed by atoms with Crippen LogP contribution in [-0.2, 0) is 23.9 Å². The number of hydrogen-bond acceptors (Lipinski definition) is 6. The Morgan fingerprint density at radius 3 is 1.25 bits per heavy atom. The van der Waals surface area contributed by atoms with E-state index in [9.17, 15) is 14.4 Å². The Morgan fingerprint density at radius 2 is 0.824 bits per heavy atom. The molecule has 0 saturated carbocycles. The molecule has 0 aliphatic carbocycles. The van der Waals surface area contributed by atoms with E-state index in [-0.39, 0.29) is 17.8 Å². The van der Waals surface area contributed by atoms with Crippen LogP contribution in [0.2, 0.25) is 0 Å². The highest BCUT2D eigenvalue weighted by molar-refractivity contribution is 5.76. The first kappa shape index (κ1) is 48.9. The van der Waals surface area contributed by atoms with Crippen molar-refractivity contribution in [1.82, 2.24) is 9.80 Å². The summed E-state index contributed by atoms with van der Waals surface area (Å²) in [5.74, 6) is 0.0650. The summed E-state index contributed by atoms with van der Waals surface area (Å²) in [5, 5.41) is 0. The SMILES string of the molecule is CCCCCCCCC=CCOC(=O)CCCCCCCN(CCCCCCCC(=O)OCC=CCCCCCCCC)C(=O)CCCN(C)C. The van der Waals surface area contributed by atoms with Crippen LogP contribution in [0.5, 0.6) is 0 Å². The van der Waals surface area contributed by atoms with Gasteiger partial charge in [0.1, 0.15) is 13.2 Å². The zero-order valence-corrected chi connectivity index (χ0v) is 34.1. The van der Waals surface area contributed by atoms with Crippen molar-refractivity contribution in [2.24, 2.45) is 0 Å². The van der Waals surface area contributed by atoms with Crippen LogP contribution in [-0.4, -0.2) is 74.6 Å². The molecule has 0 atom stereocenters. The molecule has 0 heterocycles. The molecule has 0 radical (unpaired) electrons. The Morgan fingerprint density at radius 1 is 0.431 bits per heavy atom. The predicted octanol–water partition coefficient (Wildman–Crippen LogP) is 11.5. The van der Waals surface area contributed by atoms with Crippen LogP contribution in [0.4, 0.5) is 0 Å². The summed E-state index contributed by atoms with van der Waals surface area (Å²) < 4.78 is 10.7. The second-order valence-electron chi connectivity index (χ2n) is 14.7. The molecule has 7 nitrogen and oxygen atoms in total. The maximum Gasteiger partial charge on any atom is 0.306 e. The van der Waals surface area contributed by atoms with Crippen molar-refractivity contribution >= 4 is 17.8 Å². The van der Waals surface area contributed by atoms with E-state index in [0.29, 0.717) is 32.5 Å². The van der Waals surface area contributed by atoms with Crippen molar-refractivity contribution in [1.29, 1.82) is 0 Å². The van der Waals surface area contributed by atoms with E-state index in [1.807, 2.05) is 26.2 Å². The fourth-order valence-electron chi connectivity index (χ4n) is 6.15. The lowest BCUT2D eigenvalue weighted by Crippen LogP contribution is -2.33. The minimum absolute atomic E-state index is 0.101. The standard InChI is InChI=1S/C44H82N2O5/c1-5-7-9-11-13-15-17-25-31-40-50-43(48)35-27-21-19-23-29-38-46(42(47)34-33-37-45(3)4)39-30-24-20-22-28-36-44(49)51-41-32-26-18-16-14-12-10-8-6-2/h25-26,31-32H,5-24,27-30,33-41H2,1-4H3. The van der Waals surface area contributed by atoms with Crippen molar-refractivity contribution in [3.05, 3.63) is 24.3 Å². The molecule has 0 bridgehead atoms. The first-order chi connectivity index (χ1) is 24.9. The number of carbonyl (C=O) groups excluding carboxylic acids is 3. The van der Waals surface area contributed by atoms with Gasteiger partial charge in [0.15, 0.2) is 0 Å². The lowest BCUT2D eigenvalue weighted by atomic mass is 10.1. The van der Waals surface area contributed by atoms with E-state index < -0.39 is 0 Å². The average molecular weight is 719 g/mol. The largest absolute Gasteiger partial charge is 0.461 e. The normalized spacial score (nSPS) is 11.6. The monoisotopic (exact) mass is 719 g/mol. The van der Waals surface area contributed by atoms with Gasteiger partial charge in [-0.2, -0.15) is 0 Å². The fourth-order valence-corrected chi connectivity index (χ4v) is 6.15. The lowest BCUT2D eigenvalue weighted by Gasteiger charge is -2.23. The van der Waals surface area contributed by atoms with Crippen molar-refractivity contribution < 1.29 is 23.9 Å². The number of allylic oxidation sites excluding steroid dienone is 2. The van der Waals surface area contributed by atoms with Crippen LogP contribution in [0.25, 0.3) is 0 Å². The van der Waals surface area contributed by atoms with Gasteiger partial charge in [0.2, 0.25) is 5.91 Å². The summed E-state index contributed by atoms with van der Waals surface area (Å²) >= 11 is 0. The number of hydrogen-bond donors (Lipinski definition) is 0. The zero-order valence-electron chi connectivity index (χ0n) is 34.1. The second kappa shape index (κ2) is 39.1. The topological polar surface area (TPSA) is 76.1 Å². The molecule has 298 valence electrons. The molecular formula is C44H82N2O5. The Bertz CT molecular complexity index is 800. The van der Waals surface area contributed by atoms with Crippen molar-refractivity contribution in [2.45, 2.75) is 194 Å². The highest BCUT2D eigenvalue weighted by atomic mass is 16.5. The molecule has 0 fully saturated rings. The van der Waals surface area contributed by atoms with Gasteiger partial charge >= 0.3 is 11.9 Å². The summed E-state index contributed by atoms with van der Waals surface area (Å²) in [6.07, 6.45) is 38.5. The van der Waals surface area contributed by atoms with Gasteiger partial charge in [0, 0.05) is 32.4 Å². The molecule has 51 heavy (non-hydrogen) atoms. The van der Waals surface area contributed by atoms with Crippen LogP contribution >= 0.6 is 0 Å². The fraction of sp³-hybridized carbons (Fsp3) is 0.841. The third-order valence-electron chi connectivity index (χ3n) is 9.43. The van der Waals surface area contributed by atoms with Crippen molar-refractivity contribution in [3.63, 3.8) is 0 Å². The minimum atomic E-state index is -0.101. The predicted molar refractivity (Wildman–Crippen MR) is 216 cm³/mol. The van der Waals surface area contributed by atoms with Crippen LogP contribution in [0.3, 0.4) is 0 Å². The highest BCUT2D eigenvalue weighted by Crippen LogP contribution is 2.12. The molecule has 0 aromatic carbocycles. The van der Waals surface area contributed by atoms with Crippen molar-refractivity contribution in [2.75, 3.05) is 46.9 Å². The number of rotatable bonds is 38. The Kier molecular flexibility index (Phi) is 37.4. The Hall–Kier alpha value is -2.15. The van der Waals surface area contributed by atoms with E-state index in [0.717, 1.165) is 103 Å². The van der Waals surface area contributed by atoms with Gasteiger partial charge in [-0.3, -0.25) is 14.4 Å². The van der Waals surface area contributed by atoms with Crippen LogP contribution in [0, 0.1) is 0 Å². The van der Waals surface area contributed by atoms with E-state index in [1.165, 1.54) is 77.0 Å². The molecule has 0 saturated heterocycles. The number of unbranched alkanes of at least 4 members (excludes halogenated alkanes) is 20. The molecule has 0 N–H and O–H groups in total. The van der Waals surface area contributed by atoms with Gasteiger partial charge in [0.05, 0.1) is 0 Å². The van der Waals surface area contributed by atoms with E-state index in [2.05, 4.69) is 35.8 Å². The molecule has 0 aromatic heterocycles. The second-order valence-corrected chi connectivity index (χ2v) is 14.7. The molecule has 7 heteroatoms. The molecule has 0 rings (SSSR count). The summed E-state index contributed by atoms with van der Waals surface area (Å²) in [6.45, 7) is 7.81. The van der Waals surface area contributed by atoms with Crippen LogP contribution in [0.15, 0.2) is 24.3 Å². The van der Waals surface area contributed by atoms with Gasteiger partial charge in [-0.15, -0.1) is 0 Å². The first-order valence-corrected chi connectivity index (χ1v) is 21.4. The summed E-state index contributed by atoms with van der Waals surface area (Å²) in [5.41, 5.74) is 0. The Balaban J connectivity index is 4.03. The number of amides is 1. The quantitative estimate of drug-likeness (QED) is 0.0359. The number of carbonyl (C=O) groups is 3. The van der Waals surface area contributed by atoms with Crippen molar-refractivity contribution in [3.8, 4) is 0 Å². The van der Waals surface area contributed by atoms with Gasteiger partial charge in [0.25, 0.3) is 0 Å². The number of esters is 2. The molecular weight excluding hydrogens is 636 g/mol. The molecule has 1 amide bonds. The molecule has 0 aliphatic heterocycles. The third-order valence-corrected chi connectivity index (χ3v) is 9.43. The summed E-state index contributed by atoms with van der Waals surface area (Å²) in [4.78, 5) is 41.3. The van der Waals surface area contributed by atoms with Gasteiger partial charge in [-0.25, -0.2) is 0 Å². The number of nitrogens with zero attached hydrogens (tertiary/aromatic N) is 2. The summed E-state index contributed by atoms with van der Waals surface area (Å²) in [7, 11) is 4.09. The van der Waals surface area contributed by atoms with Gasteiger partial charge in [-0.05, 0) is 78.4 Å². The molecule has 0 aliphatic rings. The van der Waals surface area contributed by atoms with Gasteiger partial charge < -0.3 is 19.3 Å². The van der Waals surface area contributed by atoms with Crippen LogP contribution < -0.4 is 0 Å². The summed E-state index contributed by atoms with van der Waals surface area (Å²) in [6, 6.07) is 0. The van der Waals surface area contributed by atoms with E-state index in [1.54, 1.807) is 0 Å². The lowest BCUT2D eigenvalue weighted by molar-refractivity contribution is -0.143. The van der Waals surface area contributed by atoms with Gasteiger partial charge in [-0.1, -0.05) is 141 Å². The maximum absolute atomic E-state index is 13.0. The Labute approximate surface area is 315 Å². The average Bonchev–Trinajstić information content (AvgIpc) is 3.11. The first-order valence-electron chi connectivity index (χ1n) is 21.4.